The van der Waals surface area contributed by atoms with Gasteiger partial charge in [0.05, 0.1) is 24.4 Å². The van der Waals surface area contributed by atoms with Gasteiger partial charge in [-0.05, 0) is 13.8 Å². The van der Waals surface area contributed by atoms with Crippen LogP contribution in [-0.4, -0.2) is 23.0 Å². The van der Waals surface area contributed by atoms with Gasteiger partial charge in [0.2, 0.25) is 12.0 Å². The maximum Gasteiger partial charge on any atom is 0.235 e. The van der Waals surface area contributed by atoms with Crippen LogP contribution in [0.15, 0.2) is 4.99 Å². The second-order valence-electron chi connectivity index (χ2n) is 3.03. The van der Waals surface area contributed by atoms with Crippen LogP contribution in [0.25, 0.3) is 0 Å². The van der Waals surface area contributed by atoms with Crippen molar-refractivity contribution in [1.29, 1.82) is 0 Å². The SMILES string of the molecule is COc1c(C(C)N=C=O)c(C)nn1C. The van der Waals surface area contributed by atoms with E-state index in [-0.39, 0.29) is 6.04 Å². The minimum atomic E-state index is -0.267. The van der Waals surface area contributed by atoms with Crippen molar-refractivity contribution in [3.05, 3.63) is 11.3 Å². The van der Waals surface area contributed by atoms with E-state index in [1.165, 1.54) is 6.08 Å². The van der Waals surface area contributed by atoms with E-state index < -0.39 is 0 Å². The molecule has 0 radical (unpaired) electrons. The van der Waals surface area contributed by atoms with Crippen molar-refractivity contribution >= 4 is 6.08 Å². The predicted octanol–water partition coefficient (Wildman–Crippen LogP) is 1.13. The van der Waals surface area contributed by atoms with Gasteiger partial charge in [0.25, 0.3) is 0 Å². The number of rotatable bonds is 3. The third kappa shape index (κ3) is 1.67. The summed E-state index contributed by atoms with van der Waals surface area (Å²) in [5, 5.41) is 4.19. The summed E-state index contributed by atoms with van der Waals surface area (Å²) in [6.45, 7) is 3.66. The van der Waals surface area contributed by atoms with Crippen LogP contribution in [0.4, 0.5) is 0 Å². The molecule has 1 rings (SSSR count). The summed E-state index contributed by atoms with van der Waals surface area (Å²) >= 11 is 0. The smallest absolute Gasteiger partial charge is 0.235 e. The normalized spacial score (nSPS) is 12.0. The first-order valence-corrected chi connectivity index (χ1v) is 4.26. The Balaban J connectivity index is 3.23. The fraction of sp³-hybridized carbons (Fsp3) is 0.556. The third-order valence-electron chi connectivity index (χ3n) is 2.07. The number of aliphatic imine (C=N–C) groups is 1. The Morgan fingerprint density at radius 1 is 1.64 bits per heavy atom. The molecule has 0 N–H and O–H groups in total. The highest BCUT2D eigenvalue weighted by Gasteiger charge is 2.19. The van der Waals surface area contributed by atoms with E-state index in [9.17, 15) is 4.79 Å². The largest absolute Gasteiger partial charge is 0.481 e. The van der Waals surface area contributed by atoms with Crippen LogP contribution in [0, 0.1) is 6.92 Å². The number of carbonyl (C=O) groups excluding carboxylic acids is 1. The number of aryl methyl sites for hydroxylation is 2. The number of hydrogen-bond acceptors (Lipinski definition) is 4. The lowest BCUT2D eigenvalue weighted by Gasteiger charge is -2.06. The molecule has 14 heavy (non-hydrogen) atoms. The quantitative estimate of drug-likeness (QED) is 0.536. The van der Waals surface area contributed by atoms with Gasteiger partial charge in [0, 0.05) is 7.05 Å². The second-order valence-corrected chi connectivity index (χ2v) is 3.03. The number of ether oxygens (including phenoxy) is 1. The Morgan fingerprint density at radius 3 is 2.79 bits per heavy atom. The van der Waals surface area contributed by atoms with E-state index in [0.29, 0.717) is 5.88 Å². The molecule has 0 spiro atoms. The van der Waals surface area contributed by atoms with Gasteiger partial charge < -0.3 is 4.74 Å². The number of methoxy groups -OCH3 is 1. The predicted molar refractivity (Wildman–Crippen MR) is 51.0 cm³/mol. The van der Waals surface area contributed by atoms with Gasteiger partial charge in [-0.3, -0.25) is 0 Å². The highest BCUT2D eigenvalue weighted by molar-refractivity contribution is 5.39. The molecule has 0 amide bonds. The molecule has 1 unspecified atom stereocenters. The van der Waals surface area contributed by atoms with Gasteiger partial charge in [0.1, 0.15) is 0 Å². The fourth-order valence-electron chi connectivity index (χ4n) is 1.52. The van der Waals surface area contributed by atoms with Crippen molar-refractivity contribution in [3.8, 4) is 5.88 Å². The van der Waals surface area contributed by atoms with Crippen LogP contribution in [0.5, 0.6) is 5.88 Å². The Bertz CT molecular complexity index is 378. The van der Waals surface area contributed by atoms with Crippen LogP contribution in [0.1, 0.15) is 24.2 Å². The molecule has 0 saturated heterocycles. The van der Waals surface area contributed by atoms with Crippen LogP contribution in [-0.2, 0) is 11.8 Å². The fourth-order valence-corrected chi connectivity index (χ4v) is 1.52. The van der Waals surface area contributed by atoms with Gasteiger partial charge in [0.15, 0.2) is 0 Å². The Labute approximate surface area is 82.4 Å². The molecule has 5 heteroatoms. The summed E-state index contributed by atoms with van der Waals surface area (Å²) in [7, 11) is 3.35. The highest BCUT2D eigenvalue weighted by Crippen LogP contribution is 2.29. The minimum absolute atomic E-state index is 0.267. The Morgan fingerprint density at radius 2 is 2.29 bits per heavy atom. The van der Waals surface area contributed by atoms with E-state index in [0.717, 1.165) is 11.3 Å². The zero-order valence-corrected chi connectivity index (χ0v) is 8.74. The Kier molecular flexibility index (Phi) is 3.04. The topological polar surface area (TPSA) is 56.5 Å². The molecular weight excluding hydrogens is 182 g/mol. The number of isocyanates is 1. The molecule has 5 nitrogen and oxygen atoms in total. The van der Waals surface area contributed by atoms with Crippen molar-refractivity contribution in [1.82, 2.24) is 9.78 Å². The highest BCUT2D eigenvalue weighted by atomic mass is 16.5. The summed E-state index contributed by atoms with van der Waals surface area (Å²) in [6, 6.07) is -0.267. The molecule has 0 aliphatic heterocycles. The molecule has 1 heterocycles. The van der Waals surface area contributed by atoms with E-state index in [2.05, 4.69) is 10.1 Å². The lowest BCUT2D eigenvalue weighted by molar-refractivity contribution is 0.367. The summed E-state index contributed by atoms with van der Waals surface area (Å²) in [6.07, 6.45) is 1.54. The average molecular weight is 195 g/mol. The molecule has 1 aromatic heterocycles. The van der Waals surface area contributed by atoms with Crippen molar-refractivity contribution in [2.45, 2.75) is 19.9 Å². The van der Waals surface area contributed by atoms with E-state index in [1.807, 2.05) is 6.92 Å². The Hall–Kier alpha value is -1.61. The first kappa shape index (κ1) is 10.5. The zero-order valence-electron chi connectivity index (χ0n) is 8.74. The molecule has 0 aliphatic carbocycles. The van der Waals surface area contributed by atoms with Crippen LogP contribution < -0.4 is 4.74 Å². The van der Waals surface area contributed by atoms with Crippen LogP contribution in [0.2, 0.25) is 0 Å². The van der Waals surface area contributed by atoms with Gasteiger partial charge in [-0.25, -0.2) is 9.48 Å². The second kappa shape index (κ2) is 4.07. The molecule has 1 atom stereocenters. The minimum Gasteiger partial charge on any atom is -0.481 e. The first-order chi connectivity index (χ1) is 6.61. The van der Waals surface area contributed by atoms with E-state index in [4.69, 9.17) is 4.74 Å². The van der Waals surface area contributed by atoms with Gasteiger partial charge in [-0.2, -0.15) is 10.1 Å². The lowest BCUT2D eigenvalue weighted by Crippen LogP contribution is -1.98. The lowest BCUT2D eigenvalue weighted by atomic mass is 10.1. The van der Waals surface area contributed by atoms with Crippen molar-refractivity contribution in [2.75, 3.05) is 7.11 Å². The molecule has 0 saturated carbocycles. The van der Waals surface area contributed by atoms with Crippen molar-refractivity contribution < 1.29 is 9.53 Å². The van der Waals surface area contributed by atoms with Crippen molar-refractivity contribution in [3.63, 3.8) is 0 Å². The maximum absolute atomic E-state index is 10.1. The molecule has 0 aliphatic rings. The van der Waals surface area contributed by atoms with Gasteiger partial charge in [-0.1, -0.05) is 0 Å². The number of hydrogen-bond donors (Lipinski definition) is 0. The molecule has 0 fully saturated rings. The van der Waals surface area contributed by atoms with E-state index >= 15 is 0 Å². The molecule has 1 aromatic rings. The molecule has 76 valence electrons. The average Bonchev–Trinajstić information content (AvgIpc) is 2.40. The third-order valence-corrected chi connectivity index (χ3v) is 2.07. The van der Waals surface area contributed by atoms with Crippen LogP contribution in [0.3, 0.4) is 0 Å². The zero-order chi connectivity index (χ0) is 10.7. The summed E-state index contributed by atoms with van der Waals surface area (Å²) < 4.78 is 6.80. The molecule has 0 bridgehead atoms. The number of nitrogens with zero attached hydrogens (tertiary/aromatic N) is 3. The molecular formula is C9H13N3O2. The number of aromatic nitrogens is 2. The molecule has 0 aromatic carbocycles. The summed E-state index contributed by atoms with van der Waals surface area (Å²) in [5.41, 5.74) is 1.65. The van der Waals surface area contributed by atoms with Gasteiger partial charge in [-0.15, -0.1) is 0 Å². The summed E-state index contributed by atoms with van der Waals surface area (Å²) in [4.78, 5) is 13.8. The van der Waals surface area contributed by atoms with E-state index in [1.54, 1.807) is 25.8 Å². The monoisotopic (exact) mass is 195 g/mol. The maximum atomic E-state index is 10.1. The van der Waals surface area contributed by atoms with Crippen LogP contribution >= 0.6 is 0 Å². The first-order valence-electron chi connectivity index (χ1n) is 4.26. The summed E-state index contributed by atoms with van der Waals surface area (Å²) in [5.74, 6) is 0.633. The van der Waals surface area contributed by atoms with Crippen molar-refractivity contribution in [2.24, 2.45) is 12.0 Å². The van der Waals surface area contributed by atoms with Gasteiger partial charge >= 0.3 is 0 Å². The standard InChI is InChI=1S/C9H13N3O2/c1-6(10-5-13)8-7(2)11-12(3)9(8)14-4/h6H,1-4H3.